The molecule has 1 aromatic rings. The third-order valence-electron chi connectivity index (χ3n) is 3.19. The molecule has 0 aliphatic carbocycles. The summed E-state index contributed by atoms with van der Waals surface area (Å²) in [6.07, 6.45) is 0.0252. The van der Waals surface area contributed by atoms with E-state index in [0.29, 0.717) is 29.6 Å². The van der Waals surface area contributed by atoms with Gasteiger partial charge in [-0.2, -0.15) is 0 Å². The lowest BCUT2D eigenvalue weighted by atomic mass is 10.1. The SMILES string of the molecule is CN(Cc1ccc(Cl)c(Cl)c1)C(=O)C1CC(O)CN1. The predicted octanol–water partition coefficient (Wildman–Crippen LogP) is 1.67. The Morgan fingerprint density at radius 2 is 2.21 bits per heavy atom. The first-order valence-corrected chi connectivity index (χ1v) is 6.83. The highest BCUT2D eigenvalue weighted by molar-refractivity contribution is 6.42. The number of hydrogen-bond donors (Lipinski definition) is 2. The summed E-state index contributed by atoms with van der Waals surface area (Å²) >= 11 is 11.8. The fourth-order valence-electron chi connectivity index (χ4n) is 2.16. The molecule has 2 rings (SSSR count). The maximum Gasteiger partial charge on any atom is 0.239 e. The maximum absolute atomic E-state index is 12.1. The normalized spacial score (nSPS) is 22.5. The number of rotatable bonds is 3. The number of carbonyl (C=O) groups is 1. The van der Waals surface area contributed by atoms with Gasteiger partial charge in [-0.05, 0) is 24.1 Å². The quantitative estimate of drug-likeness (QED) is 0.893. The fourth-order valence-corrected chi connectivity index (χ4v) is 2.48. The number of aliphatic hydroxyl groups is 1. The molecule has 2 atom stereocenters. The molecule has 104 valence electrons. The van der Waals surface area contributed by atoms with Gasteiger partial charge in [0.1, 0.15) is 0 Å². The van der Waals surface area contributed by atoms with Gasteiger partial charge < -0.3 is 15.3 Å². The number of nitrogens with one attached hydrogen (secondary N) is 1. The molecule has 0 saturated carbocycles. The highest BCUT2D eigenvalue weighted by Gasteiger charge is 2.29. The molecular weight excluding hydrogens is 287 g/mol. The van der Waals surface area contributed by atoms with Gasteiger partial charge in [-0.1, -0.05) is 29.3 Å². The van der Waals surface area contributed by atoms with Gasteiger partial charge in [-0.15, -0.1) is 0 Å². The number of amides is 1. The van der Waals surface area contributed by atoms with Crippen molar-refractivity contribution in [2.24, 2.45) is 0 Å². The van der Waals surface area contributed by atoms with Crippen LogP contribution < -0.4 is 5.32 Å². The summed E-state index contributed by atoms with van der Waals surface area (Å²) in [6, 6.07) is 5.01. The Labute approximate surface area is 122 Å². The lowest BCUT2D eigenvalue weighted by molar-refractivity contribution is -0.132. The van der Waals surface area contributed by atoms with Gasteiger partial charge in [0.05, 0.1) is 22.2 Å². The second-order valence-corrected chi connectivity index (χ2v) is 5.61. The smallest absolute Gasteiger partial charge is 0.239 e. The second-order valence-electron chi connectivity index (χ2n) is 4.79. The Balaban J connectivity index is 1.98. The highest BCUT2D eigenvalue weighted by atomic mass is 35.5. The molecule has 0 radical (unpaired) electrons. The van der Waals surface area contributed by atoms with Crippen LogP contribution >= 0.6 is 23.2 Å². The molecule has 6 heteroatoms. The van der Waals surface area contributed by atoms with E-state index in [2.05, 4.69) is 5.32 Å². The number of β-amino-alcohol motifs (C(OH)–C–C–N with tert-alkyl or cyclic N) is 1. The number of likely N-dealkylation sites (N-methyl/N-ethyl adjacent to an activating group) is 1. The topological polar surface area (TPSA) is 52.6 Å². The van der Waals surface area contributed by atoms with Crippen molar-refractivity contribution in [3.8, 4) is 0 Å². The van der Waals surface area contributed by atoms with Crippen LogP contribution in [0, 0.1) is 0 Å². The zero-order valence-electron chi connectivity index (χ0n) is 10.6. The second kappa shape index (κ2) is 6.09. The molecule has 0 spiro atoms. The van der Waals surface area contributed by atoms with E-state index in [0.717, 1.165) is 5.56 Å². The van der Waals surface area contributed by atoms with E-state index in [1.165, 1.54) is 0 Å². The summed E-state index contributed by atoms with van der Waals surface area (Å²) < 4.78 is 0. The summed E-state index contributed by atoms with van der Waals surface area (Å²) in [4.78, 5) is 13.8. The molecule has 1 amide bonds. The van der Waals surface area contributed by atoms with Crippen LogP contribution in [0.3, 0.4) is 0 Å². The van der Waals surface area contributed by atoms with Gasteiger partial charge in [0.25, 0.3) is 0 Å². The van der Waals surface area contributed by atoms with Gasteiger partial charge in [-0.3, -0.25) is 4.79 Å². The number of hydrogen-bond acceptors (Lipinski definition) is 3. The summed E-state index contributed by atoms with van der Waals surface area (Å²) in [7, 11) is 1.73. The van der Waals surface area contributed by atoms with Crippen molar-refractivity contribution in [2.75, 3.05) is 13.6 Å². The molecule has 1 aliphatic rings. The summed E-state index contributed by atoms with van der Waals surface area (Å²) in [5.41, 5.74) is 0.920. The van der Waals surface area contributed by atoms with Crippen LogP contribution in [-0.2, 0) is 11.3 Å². The maximum atomic E-state index is 12.1. The van der Waals surface area contributed by atoms with E-state index >= 15 is 0 Å². The first kappa shape index (κ1) is 14.6. The molecule has 0 aromatic heterocycles. The molecule has 1 aliphatic heterocycles. The van der Waals surface area contributed by atoms with Crippen LogP contribution in [0.25, 0.3) is 0 Å². The zero-order valence-corrected chi connectivity index (χ0v) is 12.1. The van der Waals surface area contributed by atoms with Gasteiger partial charge >= 0.3 is 0 Å². The van der Waals surface area contributed by atoms with Gasteiger partial charge in [0.15, 0.2) is 0 Å². The first-order chi connectivity index (χ1) is 8.97. The Morgan fingerprint density at radius 1 is 1.47 bits per heavy atom. The Kier molecular flexibility index (Phi) is 4.68. The third-order valence-corrected chi connectivity index (χ3v) is 3.92. The number of carbonyl (C=O) groups excluding carboxylic acids is 1. The minimum Gasteiger partial charge on any atom is -0.392 e. The molecule has 0 bridgehead atoms. The molecule has 2 N–H and O–H groups in total. The first-order valence-electron chi connectivity index (χ1n) is 6.07. The minimum absolute atomic E-state index is 0.0253. The molecule has 2 unspecified atom stereocenters. The van der Waals surface area contributed by atoms with E-state index in [1.807, 2.05) is 6.07 Å². The lowest BCUT2D eigenvalue weighted by Gasteiger charge is -2.21. The zero-order chi connectivity index (χ0) is 14.0. The molecule has 19 heavy (non-hydrogen) atoms. The van der Waals surface area contributed by atoms with E-state index < -0.39 is 6.10 Å². The van der Waals surface area contributed by atoms with E-state index in [4.69, 9.17) is 23.2 Å². The number of halogens is 2. The third kappa shape index (κ3) is 3.60. The minimum atomic E-state index is -0.438. The molecule has 1 aromatic carbocycles. The van der Waals surface area contributed by atoms with Crippen LogP contribution in [-0.4, -0.2) is 41.7 Å². The van der Waals surface area contributed by atoms with Gasteiger partial charge in [0, 0.05) is 20.1 Å². The van der Waals surface area contributed by atoms with E-state index in [1.54, 1.807) is 24.1 Å². The molecule has 1 heterocycles. The van der Waals surface area contributed by atoms with Crippen LogP contribution in [0.1, 0.15) is 12.0 Å². The van der Waals surface area contributed by atoms with Crippen LogP contribution in [0.15, 0.2) is 18.2 Å². The van der Waals surface area contributed by atoms with Crippen LogP contribution in [0.2, 0.25) is 10.0 Å². The van der Waals surface area contributed by atoms with Crippen molar-refractivity contribution < 1.29 is 9.90 Å². The monoisotopic (exact) mass is 302 g/mol. The van der Waals surface area contributed by atoms with Crippen molar-refractivity contribution in [1.29, 1.82) is 0 Å². The Morgan fingerprint density at radius 3 is 2.79 bits per heavy atom. The summed E-state index contributed by atoms with van der Waals surface area (Å²) in [5.74, 6) is -0.0253. The molecule has 1 fully saturated rings. The molecule has 1 saturated heterocycles. The van der Waals surface area contributed by atoms with Crippen molar-refractivity contribution in [1.82, 2.24) is 10.2 Å². The van der Waals surface area contributed by atoms with Crippen LogP contribution in [0.4, 0.5) is 0 Å². The molecular formula is C13H16Cl2N2O2. The van der Waals surface area contributed by atoms with Gasteiger partial charge in [-0.25, -0.2) is 0 Å². The standard InChI is InChI=1S/C13H16Cl2N2O2/c1-17(13(19)12-5-9(18)6-16-12)7-8-2-3-10(14)11(15)4-8/h2-4,9,12,16,18H,5-7H2,1H3. The summed E-state index contributed by atoms with van der Waals surface area (Å²) in [6.45, 7) is 0.932. The Hall–Kier alpha value is -0.810. The van der Waals surface area contributed by atoms with E-state index in [-0.39, 0.29) is 11.9 Å². The molecule has 4 nitrogen and oxygen atoms in total. The van der Waals surface area contributed by atoms with Crippen molar-refractivity contribution in [3.05, 3.63) is 33.8 Å². The van der Waals surface area contributed by atoms with Crippen molar-refractivity contribution >= 4 is 29.1 Å². The fraction of sp³-hybridized carbons (Fsp3) is 0.462. The van der Waals surface area contributed by atoms with Crippen LogP contribution in [0.5, 0.6) is 0 Å². The largest absolute Gasteiger partial charge is 0.392 e. The average molecular weight is 303 g/mol. The lowest BCUT2D eigenvalue weighted by Crippen LogP contribution is -2.41. The van der Waals surface area contributed by atoms with E-state index in [9.17, 15) is 9.90 Å². The Bertz CT molecular complexity index is 482. The van der Waals surface area contributed by atoms with Gasteiger partial charge in [0.2, 0.25) is 5.91 Å². The number of nitrogens with zero attached hydrogens (tertiary/aromatic N) is 1. The highest BCUT2D eigenvalue weighted by Crippen LogP contribution is 2.23. The van der Waals surface area contributed by atoms with Crippen molar-refractivity contribution in [3.63, 3.8) is 0 Å². The van der Waals surface area contributed by atoms with Crippen molar-refractivity contribution in [2.45, 2.75) is 25.1 Å². The number of aliphatic hydroxyl groups excluding tert-OH is 1. The summed E-state index contributed by atoms with van der Waals surface area (Å²) in [5, 5.41) is 13.4. The predicted molar refractivity (Wildman–Crippen MR) is 75.4 cm³/mol. The number of benzene rings is 1. The average Bonchev–Trinajstić information content (AvgIpc) is 2.79.